The molecule has 11 heteroatoms. The molecule has 0 aliphatic carbocycles. The van der Waals surface area contributed by atoms with E-state index >= 15 is 0 Å². The summed E-state index contributed by atoms with van der Waals surface area (Å²) >= 11 is 1.38. The van der Waals surface area contributed by atoms with Gasteiger partial charge >= 0.3 is 0 Å². The predicted octanol–water partition coefficient (Wildman–Crippen LogP) is 1.82. The Morgan fingerprint density at radius 1 is 1.07 bits per heavy atom. The van der Waals surface area contributed by atoms with E-state index in [1.54, 1.807) is 56.0 Å². The normalized spacial score (nSPS) is 11.4. The first kappa shape index (κ1) is 21.8. The van der Waals surface area contributed by atoms with Crippen LogP contribution in [0.2, 0.25) is 0 Å². The van der Waals surface area contributed by atoms with Crippen LogP contribution in [0.1, 0.15) is 10.7 Å². The number of thiazole rings is 1. The van der Waals surface area contributed by atoms with Crippen molar-refractivity contribution < 1.29 is 13.2 Å². The molecule has 158 valence electrons. The molecule has 0 fully saturated rings. The molecule has 1 N–H and O–H groups in total. The summed E-state index contributed by atoms with van der Waals surface area (Å²) in [6, 6.07) is 9.98. The summed E-state index contributed by atoms with van der Waals surface area (Å²) in [6.45, 7) is 0.239. The van der Waals surface area contributed by atoms with Crippen molar-refractivity contribution in [1.82, 2.24) is 24.2 Å². The molecule has 3 aromatic rings. The molecule has 0 spiro atoms. The lowest BCUT2D eigenvalue weighted by molar-refractivity contribution is -0.126. The van der Waals surface area contributed by atoms with Crippen molar-refractivity contribution in [3.63, 3.8) is 0 Å². The predicted molar refractivity (Wildman–Crippen MR) is 114 cm³/mol. The Hall–Kier alpha value is -2.89. The van der Waals surface area contributed by atoms with Crippen LogP contribution >= 0.6 is 11.3 Å². The van der Waals surface area contributed by atoms with Gasteiger partial charge in [0, 0.05) is 31.9 Å². The first-order chi connectivity index (χ1) is 14.4. The van der Waals surface area contributed by atoms with Crippen molar-refractivity contribution >= 4 is 33.1 Å². The van der Waals surface area contributed by atoms with Crippen LogP contribution in [0.25, 0.3) is 0 Å². The van der Waals surface area contributed by atoms with E-state index in [4.69, 9.17) is 0 Å². The number of hydrogen-bond donors (Lipinski definition) is 1. The van der Waals surface area contributed by atoms with Gasteiger partial charge in [0.25, 0.3) is 10.0 Å². The monoisotopic (exact) mass is 446 g/mol. The first-order valence-corrected chi connectivity index (χ1v) is 11.4. The van der Waals surface area contributed by atoms with Crippen molar-refractivity contribution in [2.24, 2.45) is 0 Å². The van der Waals surface area contributed by atoms with Gasteiger partial charge < -0.3 is 10.2 Å². The minimum atomic E-state index is -3.86. The van der Waals surface area contributed by atoms with Gasteiger partial charge in [-0.1, -0.05) is 12.1 Å². The summed E-state index contributed by atoms with van der Waals surface area (Å²) in [5, 5.41) is 5.39. The average Bonchev–Trinajstić information content (AvgIpc) is 3.25. The molecule has 0 aliphatic heterocycles. The third-order valence-corrected chi connectivity index (χ3v) is 6.57. The van der Waals surface area contributed by atoms with Crippen molar-refractivity contribution in [2.75, 3.05) is 26.0 Å². The van der Waals surface area contributed by atoms with Crippen LogP contribution in [0.4, 0.5) is 5.82 Å². The van der Waals surface area contributed by atoms with Crippen LogP contribution in [0.15, 0.2) is 59.2 Å². The second kappa shape index (κ2) is 9.74. The number of hydrogen-bond acceptors (Lipinski definition) is 8. The molecular formula is C19H22N6O3S2. The van der Waals surface area contributed by atoms with Gasteiger partial charge in [-0.25, -0.2) is 23.4 Å². The molecule has 3 heterocycles. The van der Waals surface area contributed by atoms with E-state index in [2.05, 4.69) is 20.3 Å². The summed E-state index contributed by atoms with van der Waals surface area (Å²) in [7, 11) is -0.511. The molecule has 0 unspecified atom stereocenters. The second-order valence-corrected chi connectivity index (χ2v) is 9.39. The highest BCUT2D eigenvalue weighted by Gasteiger charge is 2.27. The van der Waals surface area contributed by atoms with Gasteiger partial charge in [-0.05, 0) is 24.3 Å². The molecule has 0 radical (unpaired) electrons. The van der Waals surface area contributed by atoms with E-state index < -0.39 is 10.0 Å². The maximum absolute atomic E-state index is 13.2. The summed E-state index contributed by atoms with van der Waals surface area (Å²) in [5.41, 5.74) is 0.536. The zero-order chi connectivity index (χ0) is 21.6. The molecule has 9 nitrogen and oxygen atoms in total. The third-order valence-electron chi connectivity index (χ3n) is 4.10. The molecular weight excluding hydrogens is 424 g/mol. The Bertz CT molecular complexity index is 1070. The number of carbonyl (C=O) groups excluding carboxylic acids is 1. The number of sulfonamides is 1. The number of rotatable bonds is 9. The number of likely N-dealkylation sites (N-methyl/N-ethyl adjacent to an activating group) is 1. The zero-order valence-electron chi connectivity index (χ0n) is 16.6. The highest BCUT2D eigenvalue weighted by Crippen LogP contribution is 2.20. The summed E-state index contributed by atoms with van der Waals surface area (Å²) in [6.07, 6.45) is 3.08. The van der Waals surface area contributed by atoms with E-state index in [-0.39, 0.29) is 30.6 Å². The van der Waals surface area contributed by atoms with E-state index in [1.807, 2.05) is 0 Å². The molecule has 30 heavy (non-hydrogen) atoms. The van der Waals surface area contributed by atoms with Gasteiger partial charge in [0.05, 0.1) is 25.3 Å². The van der Waals surface area contributed by atoms with Crippen LogP contribution in [-0.2, 0) is 27.9 Å². The number of amides is 1. The fourth-order valence-corrected chi connectivity index (χ4v) is 4.53. The summed E-state index contributed by atoms with van der Waals surface area (Å²) in [5.74, 6) is 0.400. The lowest BCUT2D eigenvalue weighted by atomic mass is 10.3. The topological polar surface area (TPSA) is 108 Å². The van der Waals surface area contributed by atoms with Gasteiger partial charge in [-0.3, -0.25) is 4.79 Å². The second-order valence-electron chi connectivity index (χ2n) is 6.52. The van der Waals surface area contributed by atoms with Gasteiger partial charge in [-0.2, -0.15) is 4.31 Å². The smallest absolute Gasteiger partial charge is 0.261 e. The number of carbonyl (C=O) groups is 1. The van der Waals surface area contributed by atoms with Gasteiger partial charge in [0.1, 0.15) is 10.8 Å². The molecule has 0 saturated heterocycles. The van der Waals surface area contributed by atoms with E-state index in [0.717, 1.165) is 0 Å². The summed E-state index contributed by atoms with van der Waals surface area (Å²) < 4.78 is 27.7. The molecule has 1 amide bonds. The minimum Gasteiger partial charge on any atom is -0.361 e. The molecule has 0 bridgehead atoms. The zero-order valence-corrected chi connectivity index (χ0v) is 18.2. The Balaban J connectivity index is 1.83. The largest absolute Gasteiger partial charge is 0.361 e. The van der Waals surface area contributed by atoms with Gasteiger partial charge in [0.15, 0.2) is 5.03 Å². The lowest BCUT2D eigenvalue weighted by Gasteiger charge is -2.20. The van der Waals surface area contributed by atoms with Crippen molar-refractivity contribution in [2.45, 2.75) is 18.1 Å². The average molecular weight is 447 g/mol. The molecule has 0 atom stereocenters. The molecule has 3 aromatic heterocycles. The van der Waals surface area contributed by atoms with Crippen LogP contribution in [0, 0.1) is 0 Å². The maximum Gasteiger partial charge on any atom is 0.261 e. The molecule has 0 saturated carbocycles. The standard InChI is InChI=1S/C19H22N6O3S2/c1-24(2)19(26)12-22-16-7-5-6-15(23-16)13-25(14-17-20-10-11-29-17)30(27,28)18-8-3-4-9-21-18/h3-11H,12-14H2,1-2H3,(H,22,23). The van der Waals surface area contributed by atoms with Crippen LogP contribution in [-0.4, -0.2) is 59.1 Å². The quantitative estimate of drug-likeness (QED) is 0.534. The first-order valence-electron chi connectivity index (χ1n) is 9.06. The Morgan fingerprint density at radius 3 is 2.57 bits per heavy atom. The number of anilines is 1. The van der Waals surface area contributed by atoms with Crippen molar-refractivity contribution in [1.29, 1.82) is 0 Å². The Morgan fingerprint density at radius 2 is 1.90 bits per heavy atom. The Kier molecular flexibility index (Phi) is 7.08. The van der Waals surface area contributed by atoms with Gasteiger partial charge in [-0.15, -0.1) is 11.3 Å². The lowest BCUT2D eigenvalue weighted by Crippen LogP contribution is -2.31. The summed E-state index contributed by atoms with van der Waals surface area (Å²) in [4.78, 5) is 25.9. The highest BCUT2D eigenvalue weighted by molar-refractivity contribution is 7.89. The minimum absolute atomic E-state index is 0.0348. The SMILES string of the molecule is CN(C)C(=O)CNc1cccc(CN(Cc2nccs2)S(=O)(=O)c2ccccn2)n1. The highest BCUT2D eigenvalue weighted by atomic mass is 32.2. The molecule has 0 aliphatic rings. The van der Waals surface area contributed by atoms with Crippen LogP contribution in [0.3, 0.4) is 0 Å². The number of nitrogens with zero attached hydrogens (tertiary/aromatic N) is 5. The number of pyridine rings is 2. The maximum atomic E-state index is 13.2. The fraction of sp³-hybridized carbons (Fsp3) is 0.263. The Labute approximate surface area is 179 Å². The molecule has 0 aromatic carbocycles. The van der Waals surface area contributed by atoms with Crippen LogP contribution < -0.4 is 5.32 Å². The van der Waals surface area contributed by atoms with Gasteiger partial charge in [0.2, 0.25) is 5.91 Å². The van der Waals surface area contributed by atoms with Crippen LogP contribution in [0.5, 0.6) is 0 Å². The molecule has 3 rings (SSSR count). The van der Waals surface area contributed by atoms with E-state index in [9.17, 15) is 13.2 Å². The van der Waals surface area contributed by atoms with E-state index in [1.165, 1.54) is 32.8 Å². The fourth-order valence-electron chi connectivity index (χ4n) is 2.51. The third kappa shape index (κ3) is 5.59. The van der Waals surface area contributed by atoms with E-state index in [0.29, 0.717) is 16.5 Å². The number of aromatic nitrogens is 3. The van der Waals surface area contributed by atoms with Crippen molar-refractivity contribution in [3.8, 4) is 0 Å². The number of nitrogens with one attached hydrogen (secondary N) is 1. The van der Waals surface area contributed by atoms with Crippen molar-refractivity contribution in [3.05, 3.63) is 64.9 Å².